The highest BCUT2D eigenvalue weighted by atomic mass is 16.4. The molecule has 2 aromatic carbocycles. The molecular formula is C26H28N4O5. The van der Waals surface area contributed by atoms with E-state index in [0.29, 0.717) is 12.2 Å². The molecule has 5 rings (SSSR count). The number of aromatic nitrogens is 2. The van der Waals surface area contributed by atoms with Crippen LogP contribution in [0, 0.1) is 0 Å². The van der Waals surface area contributed by atoms with E-state index in [1.165, 1.54) is 25.9 Å². The van der Waals surface area contributed by atoms with Gasteiger partial charge in [-0.15, -0.1) is 0 Å². The summed E-state index contributed by atoms with van der Waals surface area (Å²) in [7, 11) is 0. The number of hydrogen-bond acceptors (Lipinski definition) is 5. The molecule has 3 aromatic rings. The number of imidazole rings is 1. The Hall–Kier alpha value is -3.98. The summed E-state index contributed by atoms with van der Waals surface area (Å²) >= 11 is 0. The zero-order chi connectivity index (χ0) is 24.8. The van der Waals surface area contributed by atoms with E-state index < -0.39 is 11.9 Å². The lowest BCUT2D eigenvalue weighted by Crippen LogP contribution is -2.42. The van der Waals surface area contributed by atoms with Crippen LogP contribution >= 0.6 is 0 Å². The van der Waals surface area contributed by atoms with Crippen LogP contribution in [0.5, 0.6) is 0 Å². The minimum Gasteiger partial charge on any atom is -0.478 e. The van der Waals surface area contributed by atoms with E-state index in [1.54, 1.807) is 0 Å². The van der Waals surface area contributed by atoms with Crippen LogP contribution in [0.2, 0.25) is 0 Å². The van der Waals surface area contributed by atoms with Crippen LogP contribution in [0.4, 0.5) is 0 Å². The molecule has 2 N–H and O–H groups in total. The maximum atomic E-state index is 12.9. The van der Waals surface area contributed by atoms with Gasteiger partial charge >= 0.3 is 11.9 Å². The number of carbonyl (C=O) groups excluding carboxylic acids is 1. The number of rotatable bonds is 6. The van der Waals surface area contributed by atoms with Crippen molar-refractivity contribution in [2.24, 2.45) is 0 Å². The molecule has 9 nitrogen and oxygen atoms in total. The molecule has 182 valence electrons. The predicted octanol–water partition coefficient (Wildman–Crippen LogP) is 2.83. The Balaban J connectivity index is 0.000000314. The number of carboxylic acids is 2. The van der Waals surface area contributed by atoms with Crippen LogP contribution in [-0.2, 0) is 16.0 Å². The molecule has 0 saturated carbocycles. The first kappa shape index (κ1) is 24.2. The molecular weight excluding hydrogens is 448 g/mol. The quantitative estimate of drug-likeness (QED) is 0.526. The Labute approximate surface area is 202 Å². The SMILES string of the molecule is O=C(O)/C=C/C(=O)O.O=C1c2ccc(-n3cnc4ccccc43)cc2CCN1CCN1CCCC1. The molecule has 2 aliphatic heterocycles. The first-order valence-electron chi connectivity index (χ1n) is 11.6. The van der Waals surface area contributed by atoms with Crippen molar-refractivity contribution in [3.8, 4) is 5.69 Å². The Bertz CT molecular complexity index is 1240. The summed E-state index contributed by atoms with van der Waals surface area (Å²) in [5.74, 6) is -2.34. The lowest BCUT2D eigenvalue weighted by atomic mass is 9.98. The summed E-state index contributed by atoms with van der Waals surface area (Å²) in [5.41, 5.74) is 5.15. The summed E-state index contributed by atoms with van der Waals surface area (Å²) in [6, 6.07) is 14.3. The van der Waals surface area contributed by atoms with Crippen molar-refractivity contribution in [3.05, 3.63) is 72.1 Å². The molecule has 0 unspecified atom stereocenters. The average molecular weight is 477 g/mol. The standard InChI is InChI=1S/C22H24N4O.C4H4O4/c27-22-19-8-7-18(26-16-23-20-5-1-2-6-21(20)26)15-17(19)9-12-25(22)14-13-24-10-3-4-11-24;5-3(6)1-2-4(7)8/h1-2,5-8,15-16H,3-4,9-14H2;1-2H,(H,5,6)(H,7,8)/b;2-1+. The van der Waals surface area contributed by atoms with Gasteiger partial charge in [0.15, 0.2) is 0 Å². The number of fused-ring (bicyclic) bond motifs is 2. The molecule has 1 amide bonds. The van der Waals surface area contributed by atoms with Crippen LogP contribution < -0.4 is 0 Å². The third kappa shape index (κ3) is 5.93. The van der Waals surface area contributed by atoms with Crippen molar-refractivity contribution in [1.82, 2.24) is 19.4 Å². The van der Waals surface area contributed by atoms with E-state index in [2.05, 4.69) is 26.6 Å². The van der Waals surface area contributed by atoms with Crippen LogP contribution in [0.25, 0.3) is 16.7 Å². The number of likely N-dealkylation sites (tertiary alicyclic amines) is 1. The summed E-state index contributed by atoms with van der Waals surface area (Å²) in [6.45, 7) is 5.02. The molecule has 2 aliphatic rings. The van der Waals surface area contributed by atoms with Crippen molar-refractivity contribution < 1.29 is 24.6 Å². The van der Waals surface area contributed by atoms with Crippen LogP contribution in [0.3, 0.4) is 0 Å². The van der Waals surface area contributed by atoms with Gasteiger partial charge in [-0.3, -0.25) is 9.36 Å². The number of hydrogen-bond donors (Lipinski definition) is 2. The minimum absolute atomic E-state index is 0.178. The molecule has 35 heavy (non-hydrogen) atoms. The average Bonchev–Trinajstić information content (AvgIpc) is 3.53. The zero-order valence-electron chi connectivity index (χ0n) is 19.3. The molecule has 0 radical (unpaired) electrons. The van der Waals surface area contributed by atoms with Gasteiger partial charge in [-0.25, -0.2) is 14.6 Å². The fraction of sp³-hybridized carbons (Fsp3) is 0.308. The second-order valence-corrected chi connectivity index (χ2v) is 8.55. The van der Waals surface area contributed by atoms with Crippen LogP contribution in [0.15, 0.2) is 60.9 Å². The topological polar surface area (TPSA) is 116 Å². The highest BCUT2D eigenvalue weighted by molar-refractivity contribution is 5.97. The Kier molecular flexibility index (Phi) is 7.57. The molecule has 1 fully saturated rings. The van der Waals surface area contributed by atoms with Gasteiger partial charge in [0, 0.05) is 43.0 Å². The van der Waals surface area contributed by atoms with Crippen molar-refractivity contribution in [3.63, 3.8) is 0 Å². The number of nitrogens with zero attached hydrogens (tertiary/aromatic N) is 4. The second-order valence-electron chi connectivity index (χ2n) is 8.55. The Morgan fingerprint density at radius 2 is 1.66 bits per heavy atom. The van der Waals surface area contributed by atoms with Gasteiger partial charge in [0.1, 0.15) is 6.33 Å². The maximum absolute atomic E-state index is 12.9. The normalized spacial score (nSPS) is 15.8. The van der Waals surface area contributed by atoms with Gasteiger partial charge in [0.05, 0.1) is 11.0 Å². The van der Waals surface area contributed by atoms with E-state index >= 15 is 0 Å². The lowest BCUT2D eigenvalue weighted by Gasteiger charge is -2.30. The number of amides is 1. The summed E-state index contributed by atoms with van der Waals surface area (Å²) < 4.78 is 2.10. The maximum Gasteiger partial charge on any atom is 0.328 e. The molecule has 1 aromatic heterocycles. The largest absolute Gasteiger partial charge is 0.478 e. The van der Waals surface area contributed by atoms with E-state index in [1.807, 2.05) is 41.6 Å². The van der Waals surface area contributed by atoms with E-state index in [-0.39, 0.29) is 5.91 Å². The highest BCUT2D eigenvalue weighted by Gasteiger charge is 2.25. The molecule has 0 bridgehead atoms. The third-order valence-corrected chi connectivity index (χ3v) is 6.24. The van der Waals surface area contributed by atoms with Gasteiger partial charge in [-0.2, -0.15) is 0 Å². The van der Waals surface area contributed by atoms with Gasteiger partial charge in [0.25, 0.3) is 5.91 Å². The fourth-order valence-electron chi connectivity index (χ4n) is 4.46. The lowest BCUT2D eigenvalue weighted by molar-refractivity contribution is -0.134. The molecule has 0 atom stereocenters. The highest BCUT2D eigenvalue weighted by Crippen LogP contribution is 2.24. The molecule has 1 saturated heterocycles. The summed E-state index contributed by atoms with van der Waals surface area (Å²) in [5, 5.41) is 15.6. The minimum atomic E-state index is -1.26. The zero-order valence-corrected chi connectivity index (χ0v) is 19.3. The van der Waals surface area contributed by atoms with E-state index in [9.17, 15) is 14.4 Å². The van der Waals surface area contributed by atoms with Crippen molar-refractivity contribution in [2.75, 3.05) is 32.7 Å². The number of para-hydroxylation sites is 2. The van der Waals surface area contributed by atoms with Gasteiger partial charge in [-0.1, -0.05) is 12.1 Å². The van der Waals surface area contributed by atoms with Gasteiger partial charge in [0.2, 0.25) is 0 Å². The number of aliphatic carboxylic acids is 2. The predicted molar refractivity (Wildman–Crippen MR) is 131 cm³/mol. The van der Waals surface area contributed by atoms with Crippen molar-refractivity contribution in [1.29, 1.82) is 0 Å². The summed E-state index contributed by atoms with van der Waals surface area (Å²) in [6.07, 6.45) is 6.48. The van der Waals surface area contributed by atoms with Crippen LogP contribution in [-0.4, -0.2) is 80.1 Å². The number of benzene rings is 2. The first-order valence-corrected chi connectivity index (χ1v) is 11.6. The fourth-order valence-corrected chi connectivity index (χ4v) is 4.46. The Morgan fingerprint density at radius 1 is 0.943 bits per heavy atom. The third-order valence-electron chi connectivity index (χ3n) is 6.24. The Morgan fingerprint density at radius 3 is 2.37 bits per heavy atom. The summed E-state index contributed by atoms with van der Waals surface area (Å²) in [4.78, 5) is 41.0. The van der Waals surface area contributed by atoms with Gasteiger partial charge in [-0.05, 0) is 68.2 Å². The molecule has 9 heteroatoms. The smallest absolute Gasteiger partial charge is 0.328 e. The number of carboxylic acid groups (broad SMARTS) is 2. The number of carbonyl (C=O) groups is 3. The van der Waals surface area contributed by atoms with E-state index in [0.717, 1.165) is 53.9 Å². The molecule has 0 spiro atoms. The van der Waals surface area contributed by atoms with Crippen molar-refractivity contribution >= 4 is 28.9 Å². The van der Waals surface area contributed by atoms with E-state index in [4.69, 9.17) is 10.2 Å². The second kappa shape index (κ2) is 11.0. The van der Waals surface area contributed by atoms with Gasteiger partial charge < -0.3 is 20.0 Å². The monoisotopic (exact) mass is 476 g/mol. The first-order chi connectivity index (χ1) is 16.9. The molecule has 0 aliphatic carbocycles. The van der Waals surface area contributed by atoms with Crippen molar-refractivity contribution in [2.45, 2.75) is 19.3 Å². The van der Waals surface area contributed by atoms with Crippen LogP contribution in [0.1, 0.15) is 28.8 Å². The molecule has 3 heterocycles.